The summed E-state index contributed by atoms with van der Waals surface area (Å²) in [5.41, 5.74) is 8.58. The number of anilines is 2. The molecule has 8 N–H and O–H groups in total. The molecule has 11 heteroatoms. The average molecular weight is 572 g/mol. The van der Waals surface area contributed by atoms with Crippen LogP contribution in [0.5, 0.6) is 23.0 Å². The number of aromatic hydroxyl groups is 4. The molecule has 11 nitrogen and oxygen atoms in total. The zero-order valence-electron chi connectivity index (χ0n) is 22.4. The quantitative estimate of drug-likeness (QED) is 0.115. The summed E-state index contributed by atoms with van der Waals surface area (Å²) < 4.78 is 5.20. The van der Waals surface area contributed by atoms with Gasteiger partial charge in [0.25, 0.3) is 5.91 Å². The third kappa shape index (κ3) is 6.95. The summed E-state index contributed by atoms with van der Waals surface area (Å²) in [6.07, 6.45) is -0.457. The summed E-state index contributed by atoms with van der Waals surface area (Å²) in [5, 5.41) is 44.2. The van der Waals surface area contributed by atoms with Crippen molar-refractivity contribution < 1.29 is 39.5 Å². The van der Waals surface area contributed by atoms with E-state index in [1.807, 2.05) is 24.3 Å². The number of rotatable bonds is 9. The number of benzene rings is 4. The van der Waals surface area contributed by atoms with Crippen LogP contribution in [0.1, 0.15) is 38.8 Å². The first-order valence-corrected chi connectivity index (χ1v) is 12.8. The lowest BCUT2D eigenvalue weighted by Crippen LogP contribution is -2.45. The van der Waals surface area contributed by atoms with Gasteiger partial charge < -0.3 is 41.5 Å². The van der Waals surface area contributed by atoms with Gasteiger partial charge in [-0.05, 0) is 73.0 Å². The van der Waals surface area contributed by atoms with Crippen molar-refractivity contribution in [2.75, 3.05) is 10.6 Å². The highest BCUT2D eigenvalue weighted by Gasteiger charge is 2.26. The van der Waals surface area contributed by atoms with Crippen LogP contribution in [0.4, 0.5) is 11.4 Å². The fourth-order valence-corrected chi connectivity index (χ4v) is 4.00. The van der Waals surface area contributed by atoms with Gasteiger partial charge in [-0.25, -0.2) is 4.79 Å². The van der Waals surface area contributed by atoms with Gasteiger partial charge in [0.05, 0.1) is 5.56 Å². The molecule has 0 radical (unpaired) electrons. The molecule has 2 unspecified atom stereocenters. The Morgan fingerprint density at radius 2 is 1.19 bits per heavy atom. The highest BCUT2D eigenvalue weighted by atomic mass is 16.5. The number of amides is 2. The normalized spacial score (nSPS) is 12.1. The van der Waals surface area contributed by atoms with Crippen LogP contribution < -0.4 is 16.4 Å². The second-order valence-electron chi connectivity index (χ2n) is 9.50. The van der Waals surface area contributed by atoms with Gasteiger partial charge in [-0.3, -0.25) is 9.59 Å². The molecule has 0 fully saturated rings. The monoisotopic (exact) mass is 571 g/mol. The van der Waals surface area contributed by atoms with Crippen molar-refractivity contribution in [3.05, 3.63) is 107 Å². The Kier molecular flexibility index (Phi) is 8.93. The Hall–Kier alpha value is -5.55. The Balaban J connectivity index is 1.29. The molecule has 0 bridgehead atoms. The van der Waals surface area contributed by atoms with E-state index in [4.69, 9.17) is 10.5 Å². The van der Waals surface area contributed by atoms with Crippen LogP contribution in [0.15, 0.2) is 84.9 Å². The van der Waals surface area contributed by atoms with Crippen LogP contribution in [0.3, 0.4) is 0 Å². The standard InChI is InChI=1S/C31H29N3O8/c1-17(42-31(41)23-5-3-7-25(36)28(23)38)26(32)30(40)34-21-14-10-19(11-15-21)16-18-8-12-20(13-9-18)33-29(39)22-4-2-6-24(35)27(22)37/h2-15,17,26,35-38H,16,32H2,1H3,(H,33,39)(H,34,40). The summed E-state index contributed by atoms with van der Waals surface area (Å²) in [4.78, 5) is 37.4. The maximum atomic E-state index is 12.6. The number of nitrogens with one attached hydrogen (secondary N) is 2. The van der Waals surface area contributed by atoms with Crippen molar-refractivity contribution >= 4 is 29.2 Å². The fourth-order valence-electron chi connectivity index (χ4n) is 4.00. The van der Waals surface area contributed by atoms with Crippen LogP contribution in [-0.4, -0.2) is 50.4 Å². The van der Waals surface area contributed by atoms with Gasteiger partial charge in [-0.15, -0.1) is 0 Å². The summed E-state index contributed by atoms with van der Waals surface area (Å²) in [6, 6.07) is 21.0. The minimum atomic E-state index is -1.20. The van der Waals surface area contributed by atoms with Crippen LogP contribution in [-0.2, 0) is 16.0 Å². The van der Waals surface area contributed by atoms with Gasteiger partial charge in [0.15, 0.2) is 23.0 Å². The molecule has 0 heterocycles. The highest BCUT2D eigenvalue weighted by Crippen LogP contribution is 2.30. The average Bonchev–Trinajstić information content (AvgIpc) is 2.97. The lowest BCUT2D eigenvalue weighted by atomic mass is 10.0. The van der Waals surface area contributed by atoms with E-state index in [1.54, 1.807) is 24.3 Å². The SMILES string of the molecule is CC(OC(=O)c1cccc(O)c1O)C(N)C(=O)Nc1ccc(Cc2ccc(NC(=O)c3cccc(O)c3O)cc2)cc1. The van der Waals surface area contributed by atoms with Crippen molar-refractivity contribution in [2.45, 2.75) is 25.5 Å². The van der Waals surface area contributed by atoms with Crippen molar-refractivity contribution in [3.63, 3.8) is 0 Å². The van der Waals surface area contributed by atoms with Gasteiger partial charge in [0.2, 0.25) is 5.91 Å². The topological polar surface area (TPSA) is 191 Å². The molecule has 4 aromatic rings. The number of phenols is 4. The Morgan fingerprint density at radius 1 is 0.714 bits per heavy atom. The predicted molar refractivity (Wildman–Crippen MR) is 155 cm³/mol. The number of ether oxygens (including phenoxy) is 1. The maximum Gasteiger partial charge on any atom is 0.342 e. The molecule has 4 rings (SSSR count). The molecule has 0 aliphatic carbocycles. The van der Waals surface area contributed by atoms with E-state index in [1.165, 1.54) is 43.3 Å². The molecule has 0 spiro atoms. The van der Waals surface area contributed by atoms with Crippen LogP contribution in [0.25, 0.3) is 0 Å². The first-order chi connectivity index (χ1) is 20.0. The number of esters is 1. The van der Waals surface area contributed by atoms with Crippen molar-refractivity contribution in [2.24, 2.45) is 5.73 Å². The largest absolute Gasteiger partial charge is 0.504 e. The molecule has 0 saturated carbocycles. The molecule has 0 saturated heterocycles. The first kappa shape index (κ1) is 29.4. The molecule has 216 valence electrons. The van der Waals surface area contributed by atoms with Crippen LogP contribution in [0, 0.1) is 0 Å². The van der Waals surface area contributed by atoms with Gasteiger partial charge >= 0.3 is 5.97 Å². The lowest BCUT2D eigenvalue weighted by Gasteiger charge is -2.20. The second kappa shape index (κ2) is 12.7. The lowest BCUT2D eigenvalue weighted by molar-refractivity contribution is -0.119. The molecular weight excluding hydrogens is 542 g/mol. The van der Waals surface area contributed by atoms with E-state index in [-0.39, 0.29) is 16.9 Å². The zero-order valence-corrected chi connectivity index (χ0v) is 22.4. The van der Waals surface area contributed by atoms with Crippen LogP contribution in [0.2, 0.25) is 0 Å². The number of carbonyl (C=O) groups excluding carboxylic acids is 3. The van der Waals surface area contributed by atoms with E-state index < -0.39 is 47.2 Å². The third-order valence-electron chi connectivity index (χ3n) is 6.44. The van der Waals surface area contributed by atoms with E-state index >= 15 is 0 Å². The Morgan fingerprint density at radius 3 is 1.74 bits per heavy atom. The number of para-hydroxylation sites is 2. The molecule has 42 heavy (non-hydrogen) atoms. The van der Waals surface area contributed by atoms with E-state index in [9.17, 15) is 34.8 Å². The summed E-state index contributed by atoms with van der Waals surface area (Å²) in [6.45, 7) is 1.44. The number of hydrogen-bond acceptors (Lipinski definition) is 9. The minimum absolute atomic E-state index is 0.0451. The van der Waals surface area contributed by atoms with Crippen molar-refractivity contribution in [1.82, 2.24) is 0 Å². The van der Waals surface area contributed by atoms with Gasteiger partial charge in [0.1, 0.15) is 17.7 Å². The number of carbonyl (C=O) groups is 3. The van der Waals surface area contributed by atoms with Crippen molar-refractivity contribution in [3.8, 4) is 23.0 Å². The number of nitrogens with two attached hydrogens (primary N) is 1. The van der Waals surface area contributed by atoms with Gasteiger partial charge in [0, 0.05) is 11.4 Å². The van der Waals surface area contributed by atoms with Gasteiger partial charge in [-0.1, -0.05) is 36.4 Å². The van der Waals surface area contributed by atoms with E-state index in [0.29, 0.717) is 17.8 Å². The molecule has 2 atom stereocenters. The molecule has 2 amide bonds. The van der Waals surface area contributed by atoms with E-state index in [0.717, 1.165) is 11.1 Å². The van der Waals surface area contributed by atoms with Crippen LogP contribution >= 0.6 is 0 Å². The number of phenolic OH excluding ortho intramolecular Hbond substituents is 4. The Labute approximate surface area is 240 Å². The summed E-state index contributed by atoms with van der Waals surface area (Å²) in [7, 11) is 0. The number of hydrogen-bond donors (Lipinski definition) is 7. The summed E-state index contributed by atoms with van der Waals surface area (Å²) >= 11 is 0. The predicted octanol–water partition coefficient (Wildman–Crippen LogP) is 3.86. The molecule has 4 aromatic carbocycles. The smallest absolute Gasteiger partial charge is 0.342 e. The Bertz CT molecular complexity index is 1600. The molecule has 0 aliphatic rings. The fraction of sp³-hybridized carbons (Fsp3) is 0.129. The third-order valence-corrected chi connectivity index (χ3v) is 6.44. The maximum absolute atomic E-state index is 12.6. The molecule has 0 aliphatic heterocycles. The van der Waals surface area contributed by atoms with Crippen molar-refractivity contribution in [1.29, 1.82) is 0 Å². The highest BCUT2D eigenvalue weighted by molar-refractivity contribution is 6.06. The van der Waals surface area contributed by atoms with E-state index in [2.05, 4.69) is 10.6 Å². The molecule has 0 aromatic heterocycles. The second-order valence-corrected chi connectivity index (χ2v) is 9.50. The minimum Gasteiger partial charge on any atom is -0.504 e. The first-order valence-electron chi connectivity index (χ1n) is 12.8. The molecular formula is C31H29N3O8. The summed E-state index contributed by atoms with van der Waals surface area (Å²) in [5.74, 6) is -4.04. The zero-order chi connectivity index (χ0) is 30.4. The van der Waals surface area contributed by atoms with Gasteiger partial charge in [-0.2, -0.15) is 0 Å².